The molecule has 3 N–H and O–H groups in total. The van der Waals surface area contributed by atoms with E-state index in [1.165, 1.54) is 0 Å². The van der Waals surface area contributed by atoms with E-state index in [1.807, 2.05) is 18.2 Å². The highest BCUT2D eigenvalue weighted by Gasteiger charge is 2.13. The first-order chi connectivity index (χ1) is 9.57. The lowest BCUT2D eigenvalue weighted by molar-refractivity contribution is 0.221. The van der Waals surface area contributed by atoms with Gasteiger partial charge in [-0.15, -0.1) is 0 Å². The van der Waals surface area contributed by atoms with Gasteiger partial charge in [0, 0.05) is 12.6 Å². The average Bonchev–Trinajstić information content (AvgIpc) is 2.47. The standard InChI is InChI=1S/C15H25N3O2/c1-5-12(6-2)18(3)10-11-7-8-13(15(16)17-19)14(9-11)20-4/h7-9,12,19H,5-6,10H2,1-4H3,(H2,16,17). The third kappa shape index (κ3) is 3.87. The van der Waals surface area contributed by atoms with Crippen LogP contribution in [-0.4, -0.2) is 36.1 Å². The molecule has 20 heavy (non-hydrogen) atoms. The van der Waals surface area contributed by atoms with Crippen LogP contribution in [0.3, 0.4) is 0 Å². The van der Waals surface area contributed by atoms with Gasteiger partial charge in [-0.1, -0.05) is 25.1 Å². The molecule has 0 atom stereocenters. The van der Waals surface area contributed by atoms with Crippen LogP contribution in [0.4, 0.5) is 0 Å². The molecule has 0 unspecified atom stereocenters. The number of oxime groups is 1. The molecule has 112 valence electrons. The Bertz CT molecular complexity index is 456. The van der Waals surface area contributed by atoms with Gasteiger partial charge in [-0.05, 0) is 37.6 Å². The smallest absolute Gasteiger partial charge is 0.173 e. The number of nitrogens with zero attached hydrogens (tertiary/aromatic N) is 2. The second-order valence-corrected chi connectivity index (χ2v) is 4.91. The summed E-state index contributed by atoms with van der Waals surface area (Å²) in [5, 5.41) is 11.8. The minimum atomic E-state index is 0.0572. The van der Waals surface area contributed by atoms with Gasteiger partial charge in [0.05, 0.1) is 12.7 Å². The second-order valence-electron chi connectivity index (χ2n) is 4.91. The van der Waals surface area contributed by atoms with E-state index < -0.39 is 0 Å². The normalized spacial score (nSPS) is 12.2. The van der Waals surface area contributed by atoms with Crippen LogP contribution in [-0.2, 0) is 6.54 Å². The van der Waals surface area contributed by atoms with E-state index in [0.29, 0.717) is 17.4 Å². The van der Waals surface area contributed by atoms with Crippen LogP contribution in [0.5, 0.6) is 5.75 Å². The number of amidine groups is 1. The Hall–Kier alpha value is -1.75. The highest BCUT2D eigenvalue weighted by Crippen LogP contribution is 2.21. The topological polar surface area (TPSA) is 71.1 Å². The van der Waals surface area contributed by atoms with Crippen LogP contribution in [0.2, 0.25) is 0 Å². The minimum absolute atomic E-state index is 0.0572. The Balaban J connectivity index is 2.93. The number of rotatable bonds is 7. The van der Waals surface area contributed by atoms with Crippen molar-refractivity contribution in [3.05, 3.63) is 29.3 Å². The van der Waals surface area contributed by atoms with Crippen molar-refractivity contribution < 1.29 is 9.94 Å². The first-order valence-electron chi connectivity index (χ1n) is 6.92. The Labute approximate surface area is 121 Å². The predicted molar refractivity (Wildman–Crippen MR) is 81.3 cm³/mol. The highest BCUT2D eigenvalue weighted by molar-refractivity contribution is 5.99. The van der Waals surface area contributed by atoms with Gasteiger partial charge in [-0.3, -0.25) is 4.90 Å². The van der Waals surface area contributed by atoms with Gasteiger partial charge in [0.15, 0.2) is 5.84 Å². The lowest BCUT2D eigenvalue weighted by Crippen LogP contribution is -2.30. The molecule has 1 rings (SSSR count). The van der Waals surface area contributed by atoms with Crippen LogP contribution in [0.25, 0.3) is 0 Å². The molecule has 0 spiro atoms. The zero-order chi connectivity index (χ0) is 15.1. The van der Waals surface area contributed by atoms with Gasteiger partial charge < -0.3 is 15.7 Å². The van der Waals surface area contributed by atoms with Gasteiger partial charge in [0.2, 0.25) is 0 Å². The van der Waals surface area contributed by atoms with Crippen molar-refractivity contribution in [3.63, 3.8) is 0 Å². The molecule has 0 saturated carbocycles. The van der Waals surface area contributed by atoms with Gasteiger partial charge in [0.25, 0.3) is 0 Å². The van der Waals surface area contributed by atoms with Crippen molar-refractivity contribution in [3.8, 4) is 5.75 Å². The molecular weight excluding hydrogens is 254 g/mol. The van der Waals surface area contributed by atoms with Crippen molar-refractivity contribution in [2.75, 3.05) is 14.2 Å². The van der Waals surface area contributed by atoms with E-state index >= 15 is 0 Å². The number of benzene rings is 1. The summed E-state index contributed by atoms with van der Waals surface area (Å²) in [5.74, 6) is 0.678. The van der Waals surface area contributed by atoms with Crippen LogP contribution >= 0.6 is 0 Å². The Morgan fingerprint density at radius 1 is 1.40 bits per heavy atom. The molecule has 5 nitrogen and oxygen atoms in total. The summed E-state index contributed by atoms with van der Waals surface area (Å²) >= 11 is 0. The van der Waals surface area contributed by atoms with Gasteiger partial charge >= 0.3 is 0 Å². The molecule has 0 bridgehead atoms. The van der Waals surface area contributed by atoms with Crippen LogP contribution < -0.4 is 10.5 Å². The van der Waals surface area contributed by atoms with Crippen LogP contribution in [0.1, 0.15) is 37.8 Å². The van der Waals surface area contributed by atoms with Crippen LogP contribution in [0, 0.1) is 0 Å². The molecule has 5 heteroatoms. The first kappa shape index (κ1) is 16.3. The van der Waals surface area contributed by atoms with Crippen molar-refractivity contribution >= 4 is 5.84 Å². The summed E-state index contributed by atoms with van der Waals surface area (Å²) < 4.78 is 5.31. The number of hydrogen-bond acceptors (Lipinski definition) is 4. The van der Waals surface area contributed by atoms with Crippen LogP contribution in [0.15, 0.2) is 23.4 Å². The molecule has 0 fully saturated rings. The fourth-order valence-corrected chi connectivity index (χ4v) is 2.43. The molecule has 0 amide bonds. The summed E-state index contributed by atoms with van der Waals surface area (Å²) in [6.45, 7) is 5.25. The summed E-state index contributed by atoms with van der Waals surface area (Å²) in [7, 11) is 3.71. The molecule has 0 radical (unpaired) electrons. The summed E-state index contributed by atoms with van der Waals surface area (Å²) in [6, 6.07) is 6.31. The van der Waals surface area contributed by atoms with E-state index in [0.717, 1.165) is 24.9 Å². The molecule has 1 aromatic carbocycles. The van der Waals surface area contributed by atoms with Gasteiger partial charge in [-0.25, -0.2) is 0 Å². The largest absolute Gasteiger partial charge is 0.496 e. The average molecular weight is 279 g/mol. The van der Waals surface area contributed by atoms with Crippen molar-refractivity contribution in [2.45, 2.75) is 39.3 Å². The number of ether oxygens (including phenoxy) is 1. The van der Waals surface area contributed by atoms with E-state index in [1.54, 1.807) is 7.11 Å². The maximum absolute atomic E-state index is 8.76. The van der Waals surface area contributed by atoms with E-state index in [4.69, 9.17) is 15.7 Å². The monoisotopic (exact) mass is 279 g/mol. The molecule has 0 aliphatic carbocycles. The van der Waals surface area contributed by atoms with Gasteiger partial charge in [0.1, 0.15) is 5.75 Å². The van der Waals surface area contributed by atoms with Gasteiger partial charge in [-0.2, -0.15) is 0 Å². The number of methoxy groups -OCH3 is 1. The SMILES string of the molecule is CCC(CC)N(C)Cc1ccc(/C(N)=N/O)c(OC)c1. The molecule has 0 saturated heterocycles. The zero-order valence-corrected chi connectivity index (χ0v) is 12.8. The Kier molecular flexibility index (Phi) is 6.31. The molecule has 0 heterocycles. The molecule has 0 aliphatic rings. The van der Waals surface area contributed by atoms with E-state index in [2.05, 4.69) is 31.0 Å². The molecule has 0 aromatic heterocycles. The Morgan fingerprint density at radius 2 is 2.05 bits per heavy atom. The second kappa shape index (κ2) is 7.75. The third-order valence-corrected chi connectivity index (χ3v) is 3.65. The lowest BCUT2D eigenvalue weighted by atomic mass is 10.1. The first-order valence-corrected chi connectivity index (χ1v) is 6.92. The van der Waals surface area contributed by atoms with Crippen molar-refractivity contribution in [1.29, 1.82) is 0 Å². The summed E-state index contributed by atoms with van der Waals surface area (Å²) in [5.41, 5.74) is 7.37. The molecule has 0 aliphatic heterocycles. The lowest BCUT2D eigenvalue weighted by Gasteiger charge is -2.26. The number of hydrogen-bond donors (Lipinski definition) is 2. The molecular formula is C15H25N3O2. The fraction of sp³-hybridized carbons (Fsp3) is 0.533. The summed E-state index contributed by atoms with van der Waals surface area (Å²) in [6.07, 6.45) is 2.26. The Morgan fingerprint density at radius 3 is 2.55 bits per heavy atom. The van der Waals surface area contributed by atoms with E-state index in [9.17, 15) is 0 Å². The third-order valence-electron chi connectivity index (χ3n) is 3.65. The maximum Gasteiger partial charge on any atom is 0.173 e. The molecule has 1 aromatic rings. The zero-order valence-electron chi connectivity index (χ0n) is 12.8. The fourth-order valence-electron chi connectivity index (χ4n) is 2.43. The quantitative estimate of drug-likeness (QED) is 0.348. The maximum atomic E-state index is 8.76. The number of nitrogens with two attached hydrogens (primary N) is 1. The highest BCUT2D eigenvalue weighted by atomic mass is 16.5. The van der Waals surface area contributed by atoms with Crippen molar-refractivity contribution in [2.24, 2.45) is 10.9 Å². The van der Waals surface area contributed by atoms with E-state index in [-0.39, 0.29) is 5.84 Å². The minimum Gasteiger partial charge on any atom is -0.496 e. The van der Waals surface area contributed by atoms with Crippen molar-refractivity contribution in [1.82, 2.24) is 4.90 Å². The predicted octanol–water partition coefficient (Wildman–Crippen LogP) is 2.41. The summed E-state index contributed by atoms with van der Waals surface area (Å²) in [4.78, 5) is 2.33.